The predicted octanol–water partition coefficient (Wildman–Crippen LogP) is 5.52. The normalized spacial score (nSPS) is 16.0. The van der Waals surface area contributed by atoms with E-state index in [-0.39, 0.29) is 0 Å². The average Bonchev–Trinajstić information content (AvgIpc) is 2.10. The van der Waals surface area contributed by atoms with Gasteiger partial charge in [-0.25, -0.2) is 0 Å². The van der Waals surface area contributed by atoms with Gasteiger partial charge in [0, 0.05) is 0 Å². The summed E-state index contributed by atoms with van der Waals surface area (Å²) in [5.74, 6) is 3.57. The lowest BCUT2D eigenvalue weighted by Gasteiger charge is -2.17. The van der Waals surface area contributed by atoms with Crippen molar-refractivity contribution in [3.63, 3.8) is 0 Å². The molecule has 0 spiro atoms. The molecular formula is C15H32. The first-order valence-electron chi connectivity index (χ1n) is 6.93. The van der Waals surface area contributed by atoms with Gasteiger partial charge in [-0.1, -0.05) is 67.2 Å². The summed E-state index contributed by atoms with van der Waals surface area (Å²) < 4.78 is 0. The highest BCUT2D eigenvalue weighted by molar-refractivity contribution is 4.60. The molecule has 0 fully saturated rings. The van der Waals surface area contributed by atoms with Gasteiger partial charge in [0.25, 0.3) is 0 Å². The fourth-order valence-corrected chi connectivity index (χ4v) is 2.22. The van der Waals surface area contributed by atoms with Crippen LogP contribution in [0.2, 0.25) is 0 Å². The van der Waals surface area contributed by atoms with E-state index in [0.717, 1.165) is 23.7 Å². The molecular weight excluding hydrogens is 180 g/mol. The van der Waals surface area contributed by atoms with Gasteiger partial charge in [-0.05, 0) is 30.1 Å². The second kappa shape index (κ2) is 8.19. The third-order valence-corrected chi connectivity index (χ3v) is 3.62. The van der Waals surface area contributed by atoms with Crippen molar-refractivity contribution in [2.75, 3.05) is 0 Å². The Hall–Kier alpha value is 0. The van der Waals surface area contributed by atoms with Gasteiger partial charge in [0.15, 0.2) is 0 Å². The number of hydrogen-bond donors (Lipinski definition) is 0. The largest absolute Gasteiger partial charge is 0.0628 e. The van der Waals surface area contributed by atoms with Gasteiger partial charge in [-0.2, -0.15) is 0 Å². The van der Waals surface area contributed by atoms with Crippen molar-refractivity contribution in [3.8, 4) is 0 Å². The minimum absolute atomic E-state index is 0.859. The zero-order valence-corrected chi connectivity index (χ0v) is 11.8. The van der Waals surface area contributed by atoms with Crippen LogP contribution in [0.3, 0.4) is 0 Å². The van der Waals surface area contributed by atoms with E-state index in [9.17, 15) is 0 Å². The minimum Gasteiger partial charge on any atom is -0.0628 e. The summed E-state index contributed by atoms with van der Waals surface area (Å²) in [4.78, 5) is 0. The molecule has 0 aliphatic rings. The number of rotatable bonds is 8. The summed E-state index contributed by atoms with van der Waals surface area (Å²) in [6, 6.07) is 0. The average molecular weight is 212 g/mol. The molecule has 0 heterocycles. The van der Waals surface area contributed by atoms with E-state index in [4.69, 9.17) is 0 Å². The Labute approximate surface area is 97.8 Å². The van der Waals surface area contributed by atoms with Crippen molar-refractivity contribution in [3.05, 3.63) is 0 Å². The molecule has 0 nitrogen and oxygen atoms in total. The van der Waals surface area contributed by atoms with Crippen LogP contribution in [-0.4, -0.2) is 0 Å². The Morgan fingerprint density at radius 3 is 1.73 bits per heavy atom. The van der Waals surface area contributed by atoms with E-state index >= 15 is 0 Å². The van der Waals surface area contributed by atoms with Crippen molar-refractivity contribution in [2.45, 2.75) is 73.6 Å². The van der Waals surface area contributed by atoms with Crippen LogP contribution in [0.15, 0.2) is 0 Å². The quantitative estimate of drug-likeness (QED) is 0.465. The van der Waals surface area contributed by atoms with Gasteiger partial charge in [0.2, 0.25) is 0 Å². The molecule has 0 aliphatic heterocycles. The van der Waals surface area contributed by atoms with Gasteiger partial charge in [-0.3, -0.25) is 0 Å². The summed E-state index contributed by atoms with van der Waals surface area (Å²) in [7, 11) is 0. The Bertz CT molecular complexity index is 135. The molecule has 0 saturated heterocycles. The van der Waals surface area contributed by atoms with Gasteiger partial charge in [-0.15, -0.1) is 0 Å². The highest BCUT2D eigenvalue weighted by atomic mass is 14.1. The molecule has 0 aromatic heterocycles. The lowest BCUT2D eigenvalue weighted by molar-refractivity contribution is 0.354. The van der Waals surface area contributed by atoms with Crippen LogP contribution >= 0.6 is 0 Å². The van der Waals surface area contributed by atoms with E-state index in [1.165, 1.54) is 32.1 Å². The van der Waals surface area contributed by atoms with Crippen LogP contribution in [0.5, 0.6) is 0 Å². The van der Waals surface area contributed by atoms with E-state index in [0.29, 0.717) is 0 Å². The molecule has 0 aromatic rings. The molecule has 0 aliphatic carbocycles. The summed E-state index contributed by atoms with van der Waals surface area (Å²) in [6.45, 7) is 14.1. The zero-order chi connectivity index (χ0) is 11.8. The Morgan fingerprint density at radius 1 is 0.733 bits per heavy atom. The monoisotopic (exact) mass is 212 g/mol. The maximum Gasteiger partial charge on any atom is -0.0420 e. The first-order chi connectivity index (χ1) is 6.93. The molecule has 0 N–H and O–H groups in total. The van der Waals surface area contributed by atoms with Gasteiger partial charge >= 0.3 is 0 Å². The van der Waals surface area contributed by atoms with Crippen molar-refractivity contribution >= 4 is 0 Å². The van der Waals surface area contributed by atoms with Crippen molar-refractivity contribution in [2.24, 2.45) is 23.7 Å². The van der Waals surface area contributed by atoms with Gasteiger partial charge in [0.1, 0.15) is 0 Å². The van der Waals surface area contributed by atoms with Crippen molar-refractivity contribution in [1.29, 1.82) is 0 Å². The topological polar surface area (TPSA) is 0 Å². The molecule has 2 atom stereocenters. The van der Waals surface area contributed by atoms with Crippen LogP contribution in [0.4, 0.5) is 0 Å². The summed E-state index contributed by atoms with van der Waals surface area (Å²) in [6.07, 6.45) is 7.13. The molecule has 92 valence electrons. The molecule has 0 rings (SSSR count). The first kappa shape index (κ1) is 15.0. The van der Waals surface area contributed by atoms with Crippen LogP contribution < -0.4 is 0 Å². The molecule has 15 heavy (non-hydrogen) atoms. The Balaban J connectivity index is 3.38. The predicted molar refractivity (Wildman–Crippen MR) is 71.1 cm³/mol. The van der Waals surface area contributed by atoms with Crippen molar-refractivity contribution < 1.29 is 0 Å². The number of unbranched alkanes of at least 4 members (excludes halogenated alkanes) is 1. The lowest BCUT2D eigenvalue weighted by Crippen LogP contribution is -2.04. The maximum atomic E-state index is 2.41. The zero-order valence-electron chi connectivity index (χ0n) is 11.8. The Morgan fingerprint density at radius 2 is 1.27 bits per heavy atom. The molecule has 0 amide bonds. The van der Waals surface area contributed by atoms with E-state index in [2.05, 4.69) is 41.5 Å². The standard InChI is InChI=1S/C15H32/c1-12(2)11-14(5)9-7-8-10-15(6)13(3)4/h12-15H,7-11H2,1-6H3. The SMILES string of the molecule is CC(C)CC(C)CCCCC(C)C(C)C. The summed E-state index contributed by atoms with van der Waals surface area (Å²) >= 11 is 0. The molecule has 0 saturated carbocycles. The van der Waals surface area contributed by atoms with E-state index < -0.39 is 0 Å². The van der Waals surface area contributed by atoms with Crippen molar-refractivity contribution in [1.82, 2.24) is 0 Å². The fourth-order valence-electron chi connectivity index (χ4n) is 2.22. The molecule has 0 aromatic carbocycles. The summed E-state index contributed by atoms with van der Waals surface area (Å²) in [5, 5.41) is 0. The molecule has 0 heteroatoms. The van der Waals surface area contributed by atoms with Crippen LogP contribution in [-0.2, 0) is 0 Å². The van der Waals surface area contributed by atoms with Gasteiger partial charge in [0.05, 0.1) is 0 Å². The third kappa shape index (κ3) is 8.96. The summed E-state index contributed by atoms with van der Waals surface area (Å²) in [5.41, 5.74) is 0. The second-order valence-corrected chi connectivity index (χ2v) is 6.24. The number of hydrogen-bond acceptors (Lipinski definition) is 0. The van der Waals surface area contributed by atoms with Crippen LogP contribution in [0.1, 0.15) is 73.6 Å². The van der Waals surface area contributed by atoms with E-state index in [1.54, 1.807) is 0 Å². The Kier molecular flexibility index (Phi) is 8.19. The first-order valence-corrected chi connectivity index (χ1v) is 6.93. The van der Waals surface area contributed by atoms with Crippen LogP contribution in [0.25, 0.3) is 0 Å². The highest BCUT2D eigenvalue weighted by Crippen LogP contribution is 2.21. The highest BCUT2D eigenvalue weighted by Gasteiger charge is 2.08. The third-order valence-electron chi connectivity index (χ3n) is 3.62. The molecule has 0 bridgehead atoms. The fraction of sp³-hybridized carbons (Fsp3) is 1.00. The molecule has 2 unspecified atom stereocenters. The molecule has 0 radical (unpaired) electrons. The second-order valence-electron chi connectivity index (χ2n) is 6.24. The lowest BCUT2D eigenvalue weighted by atomic mass is 9.90. The van der Waals surface area contributed by atoms with Crippen LogP contribution in [0, 0.1) is 23.7 Å². The maximum absolute atomic E-state index is 2.41. The minimum atomic E-state index is 0.859. The smallest absolute Gasteiger partial charge is 0.0420 e. The van der Waals surface area contributed by atoms with E-state index in [1.807, 2.05) is 0 Å². The van der Waals surface area contributed by atoms with Gasteiger partial charge < -0.3 is 0 Å².